The summed E-state index contributed by atoms with van der Waals surface area (Å²) in [6.07, 6.45) is -0.00879. The molecule has 3 aromatic heterocycles. The van der Waals surface area contributed by atoms with Crippen LogP contribution in [0.4, 0.5) is 5.82 Å². The van der Waals surface area contributed by atoms with E-state index in [1.54, 1.807) is 18.4 Å². The van der Waals surface area contributed by atoms with E-state index >= 15 is 0 Å². The molecule has 0 bridgehead atoms. The van der Waals surface area contributed by atoms with E-state index < -0.39 is 0 Å². The summed E-state index contributed by atoms with van der Waals surface area (Å²) >= 11 is 1.61. The molecule has 4 aromatic rings. The molecule has 3 heterocycles. The summed E-state index contributed by atoms with van der Waals surface area (Å²) in [6.45, 7) is 4.60. The number of anilines is 1. The van der Waals surface area contributed by atoms with Crippen molar-refractivity contribution in [2.75, 3.05) is 19.1 Å². The van der Waals surface area contributed by atoms with Crippen molar-refractivity contribution in [3.63, 3.8) is 0 Å². The number of hydrogen-bond donors (Lipinski definition) is 0. The summed E-state index contributed by atoms with van der Waals surface area (Å²) < 4.78 is 7.43. The van der Waals surface area contributed by atoms with Gasteiger partial charge < -0.3 is 9.64 Å². The number of fused-ring (bicyclic) bond motifs is 3. The van der Waals surface area contributed by atoms with Crippen LogP contribution in [0.5, 0.6) is 0 Å². The van der Waals surface area contributed by atoms with Crippen molar-refractivity contribution < 1.29 is 4.74 Å². The van der Waals surface area contributed by atoms with Gasteiger partial charge in [-0.25, -0.2) is 9.97 Å². The smallest absolute Gasteiger partial charge is 0.157 e. The first-order valence-electron chi connectivity index (χ1n) is 9.02. The Balaban J connectivity index is 1.81. The molecule has 1 atom stereocenters. The third kappa shape index (κ3) is 3.01. The van der Waals surface area contributed by atoms with Gasteiger partial charge in [-0.2, -0.15) is 5.26 Å². The Bertz CT molecular complexity index is 1200. The molecule has 0 aliphatic heterocycles. The first-order chi connectivity index (χ1) is 13.5. The number of thiazole rings is 1. The average molecular weight is 392 g/mol. The van der Waals surface area contributed by atoms with E-state index in [1.807, 2.05) is 51.2 Å². The van der Waals surface area contributed by atoms with E-state index in [1.165, 1.54) is 0 Å². The van der Waals surface area contributed by atoms with Crippen molar-refractivity contribution in [1.82, 2.24) is 14.4 Å². The van der Waals surface area contributed by atoms with Crippen LogP contribution >= 0.6 is 11.3 Å². The number of para-hydroxylation sites is 2. The highest BCUT2D eigenvalue weighted by molar-refractivity contribution is 7.09. The van der Waals surface area contributed by atoms with Crippen LogP contribution in [0.3, 0.4) is 0 Å². The molecule has 7 heteroatoms. The maximum atomic E-state index is 9.65. The number of ether oxygens (including phenoxy) is 1. The zero-order valence-corrected chi connectivity index (χ0v) is 17.1. The highest BCUT2D eigenvalue weighted by atomic mass is 32.1. The second kappa shape index (κ2) is 7.23. The Morgan fingerprint density at radius 3 is 2.86 bits per heavy atom. The SMILES string of the molecule is COC(C)c1nc(CN(C)c2cc(C)c(C#N)c3nc4ccccc4n23)cs1. The number of imidazole rings is 1. The Morgan fingerprint density at radius 1 is 1.32 bits per heavy atom. The quantitative estimate of drug-likeness (QED) is 0.502. The number of aryl methyl sites for hydroxylation is 1. The zero-order chi connectivity index (χ0) is 19.8. The fourth-order valence-electron chi connectivity index (χ4n) is 3.36. The van der Waals surface area contributed by atoms with Gasteiger partial charge >= 0.3 is 0 Å². The molecule has 6 nitrogen and oxygen atoms in total. The number of nitrogens with zero attached hydrogens (tertiary/aromatic N) is 5. The van der Waals surface area contributed by atoms with Crippen LogP contribution < -0.4 is 4.90 Å². The van der Waals surface area contributed by atoms with Gasteiger partial charge in [0.05, 0.1) is 28.8 Å². The van der Waals surface area contributed by atoms with E-state index in [0.717, 1.165) is 33.1 Å². The Hall–Kier alpha value is -2.95. The van der Waals surface area contributed by atoms with Crippen LogP contribution in [0.1, 0.15) is 34.9 Å². The van der Waals surface area contributed by atoms with Crippen LogP contribution in [0.15, 0.2) is 35.7 Å². The van der Waals surface area contributed by atoms with Gasteiger partial charge in [-0.15, -0.1) is 11.3 Å². The Kier molecular flexibility index (Phi) is 4.75. The lowest BCUT2D eigenvalue weighted by Crippen LogP contribution is -2.20. The standard InChI is InChI=1S/C21H21N5OS/c1-13-9-19(25(3)11-15-12-28-21(23-15)14(2)27-4)26-18-8-6-5-7-17(18)24-20(26)16(13)10-22/h5-9,12,14H,11H2,1-4H3. The van der Waals surface area contributed by atoms with Gasteiger partial charge in [0.15, 0.2) is 5.65 Å². The summed E-state index contributed by atoms with van der Waals surface area (Å²) in [6, 6.07) is 12.3. The Morgan fingerprint density at radius 2 is 2.11 bits per heavy atom. The van der Waals surface area contributed by atoms with Gasteiger partial charge in [0.1, 0.15) is 23.0 Å². The number of aromatic nitrogens is 3. The first-order valence-corrected chi connectivity index (χ1v) is 9.90. The molecule has 1 aromatic carbocycles. The fourth-order valence-corrected chi connectivity index (χ4v) is 4.20. The fraction of sp³-hybridized carbons (Fsp3) is 0.286. The van der Waals surface area contributed by atoms with Crippen LogP contribution in [-0.4, -0.2) is 28.5 Å². The molecule has 0 aliphatic rings. The van der Waals surface area contributed by atoms with Crippen LogP contribution in [-0.2, 0) is 11.3 Å². The van der Waals surface area contributed by atoms with E-state index in [0.29, 0.717) is 17.8 Å². The molecule has 4 rings (SSSR count). The molecular formula is C21H21N5OS. The third-order valence-corrected chi connectivity index (χ3v) is 5.98. The van der Waals surface area contributed by atoms with E-state index in [2.05, 4.69) is 20.7 Å². The maximum Gasteiger partial charge on any atom is 0.157 e. The monoisotopic (exact) mass is 391 g/mol. The molecule has 0 amide bonds. The highest BCUT2D eigenvalue weighted by Crippen LogP contribution is 2.29. The molecule has 0 N–H and O–H groups in total. The van der Waals surface area contributed by atoms with Crippen LogP contribution in [0.25, 0.3) is 16.7 Å². The number of methoxy groups -OCH3 is 1. The maximum absolute atomic E-state index is 9.65. The zero-order valence-electron chi connectivity index (χ0n) is 16.3. The third-order valence-electron chi connectivity index (χ3n) is 4.93. The predicted octanol–water partition coefficient (Wildman–Crippen LogP) is 4.47. The molecule has 28 heavy (non-hydrogen) atoms. The summed E-state index contributed by atoms with van der Waals surface area (Å²) in [5.41, 5.74) is 5.08. The molecule has 1 unspecified atom stereocenters. The van der Waals surface area contributed by atoms with Gasteiger partial charge in [0.25, 0.3) is 0 Å². The predicted molar refractivity (Wildman–Crippen MR) is 112 cm³/mol. The lowest BCUT2D eigenvalue weighted by molar-refractivity contribution is 0.119. The number of rotatable bonds is 5. The largest absolute Gasteiger partial charge is 0.375 e. The molecule has 0 radical (unpaired) electrons. The van der Waals surface area contributed by atoms with Gasteiger partial charge in [0.2, 0.25) is 0 Å². The number of nitriles is 1. The van der Waals surface area contributed by atoms with E-state index in [-0.39, 0.29) is 6.10 Å². The van der Waals surface area contributed by atoms with Crippen molar-refractivity contribution in [3.05, 3.63) is 57.5 Å². The second-order valence-corrected chi connectivity index (χ2v) is 7.73. The van der Waals surface area contributed by atoms with Gasteiger partial charge in [0, 0.05) is 19.5 Å². The van der Waals surface area contributed by atoms with Gasteiger partial charge in [-0.05, 0) is 37.6 Å². The summed E-state index contributed by atoms with van der Waals surface area (Å²) in [7, 11) is 3.73. The lowest BCUT2D eigenvalue weighted by Gasteiger charge is -2.21. The van der Waals surface area contributed by atoms with Crippen LogP contribution in [0.2, 0.25) is 0 Å². The minimum absolute atomic E-state index is 0.00879. The molecule has 142 valence electrons. The number of pyridine rings is 1. The molecule has 0 spiro atoms. The molecule has 0 saturated heterocycles. The van der Waals surface area contributed by atoms with Gasteiger partial charge in [-0.3, -0.25) is 4.40 Å². The summed E-state index contributed by atoms with van der Waals surface area (Å²) in [5.74, 6) is 0.981. The van der Waals surface area contributed by atoms with Crippen molar-refractivity contribution >= 4 is 33.8 Å². The van der Waals surface area contributed by atoms with Crippen molar-refractivity contribution in [2.24, 2.45) is 0 Å². The van der Waals surface area contributed by atoms with E-state index in [4.69, 9.17) is 14.7 Å². The number of benzene rings is 1. The Labute approximate surface area is 167 Å². The molecular weight excluding hydrogens is 370 g/mol. The number of hydrogen-bond acceptors (Lipinski definition) is 6. The van der Waals surface area contributed by atoms with Gasteiger partial charge in [-0.1, -0.05) is 12.1 Å². The molecule has 0 aliphatic carbocycles. The second-order valence-electron chi connectivity index (χ2n) is 6.84. The van der Waals surface area contributed by atoms with E-state index in [9.17, 15) is 5.26 Å². The van der Waals surface area contributed by atoms with Crippen molar-refractivity contribution in [1.29, 1.82) is 5.26 Å². The average Bonchev–Trinajstić information content (AvgIpc) is 3.31. The summed E-state index contributed by atoms with van der Waals surface area (Å²) in [4.78, 5) is 11.6. The molecule has 0 fully saturated rings. The lowest BCUT2D eigenvalue weighted by atomic mass is 10.1. The topological polar surface area (TPSA) is 66.5 Å². The first kappa shape index (κ1) is 18.4. The normalized spacial score (nSPS) is 12.4. The molecule has 0 saturated carbocycles. The summed E-state index contributed by atoms with van der Waals surface area (Å²) in [5, 5.41) is 12.7. The highest BCUT2D eigenvalue weighted by Gasteiger charge is 2.18. The minimum Gasteiger partial charge on any atom is -0.375 e. The van der Waals surface area contributed by atoms with Crippen molar-refractivity contribution in [3.8, 4) is 6.07 Å². The minimum atomic E-state index is -0.00879. The van der Waals surface area contributed by atoms with Crippen LogP contribution in [0, 0.1) is 18.3 Å². The van der Waals surface area contributed by atoms with Crippen molar-refractivity contribution in [2.45, 2.75) is 26.5 Å².